The van der Waals surface area contributed by atoms with Gasteiger partial charge in [-0.3, -0.25) is 4.79 Å². The Morgan fingerprint density at radius 2 is 1.88 bits per heavy atom. The number of hydrogen-bond donors (Lipinski definition) is 2. The minimum atomic E-state index is -1.63. The molecule has 6 heteroatoms. The van der Waals surface area contributed by atoms with E-state index in [1.807, 2.05) is 0 Å². The van der Waals surface area contributed by atoms with Crippen LogP contribution in [-0.2, 0) is 9.59 Å². The SMILES string of the molecule is O=C(O)C(=O)/C=C(\O)c1ccc2c(c1)OCO2. The number of carbonyl (C=O) groups is 2. The van der Waals surface area contributed by atoms with Gasteiger partial charge in [0.05, 0.1) is 0 Å². The molecule has 0 spiro atoms. The van der Waals surface area contributed by atoms with E-state index >= 15 is 0 Å². The molecule has 1 aromatic carbocycles. The van der Waals surface area contributed by atoms with Crippen LogP contribution < -0.4 is 9.47 Å². The Kier molecular flexibility index (Phi) is 2.70. The maximum absolute atomic E-state index is 10.9. The van der Waals surface area contributed by atoms with Gasteiger partial charge < -0.3 is 19.7 Å². The van der Waals surface area contributed by atoms with Crippen molar-refractivity contribution in [3.05, 3.63) is 29.8 Å². The van der Waals surface area contributed by atoms with E-state index in [2.05, 4.69) is 0 Å². The lowest BCUT2D eigenvalue weighted by Crippen LogP contribution is -2.09. The average Bonchev–Trinajstić information content (AvgIpc) is 2.75. The van der Waals surface area contributed by atoms with E-state index in [1.165, 1.54) is 12.1 Å². The summed E-state index contributed by atoms with van der Waals surface area (Å²) in [6.45, 7) is 0.0946. The number of aliphatic hydroxyl groups is 1. The van der Waals surface area contributed by atoms with Gasteiger partial charge in [0.25, 0.3) is 5.78 Å². The summed E-state index contributed by atoms with van der Waals surface area (Å²) >= 11 is 0. The van der Waals surface area contributed by atoms with Crippen LogP contribution in [0.15, 0.2) is 24.3 Å². The molecule has 0 unspecified atom stereocenters. The van der Waals surface area contributed by atoms with Crippen molar-refractivity contribution in [2.24, 2.45) is 0 Å². The quantitative estimate of drug-likeness (QED) is 0.461. The highest BCUT2D eigenvalue weighted by molar-refractivity contribution is 6.38. The van der Waals surface area contributed by atoms with Gasteiger partial charge in [0.15, 0.2) is 11.5 Å². The molecule has 0 radical (unpaired) electrons. The van der Waals surface area contributed by atoms with E-state index in [0.717, 1.165) is 0 Å². The highest BCUT2D eigenvalue weighted by Crippen LogP contribution is 2.33. The van der Waals surface area contributed by atoms with Crippen LogP contribution in [0.3, 0.4) is 0 Å². The Balaban J connectivity index is 2.28. The monoisotopic (exact) mass is 236 g/mol. The fraction of sp³-hybridized carbons (Fsp3) is 0.0909. The first kappa shape index (κ1) is 11.0. The Labute approximate surface area is 95.7 Å². The molecule has 88 valence electrons. The van der Waals surface area contributed by atoms with Crippen molar-refractivity contribution in [2.75, 3.05) is 6.79 Å². The van der Waals surface area contributed by atoms with Gasteiger partial charge >= 0.3 is 5.97 Å². The lowest BCUT2D eigenvalue weighted by molar-refractivity contribution is -0.146. The van der Waals surface area contributed by atoms with Crippen LogP contribution in [0.4, 0.5) is 0 Å². The van der Waals surface area contributed by atoms with Crippen LogP contribution in [-0.4, -0.2) is 28.8 Å². The van der Waals surface area contributed by atoms with Crippen LogP contribution in [0.1, 0.15) is 5.56 Å². The lowest BCUT2D eigenvalue weighted by atomic mass is 10.1. The van der Waals surface area contributed by atoms with Crippen molar-refractivity contribution in [1.82, 2.24) is 0 Å². The molecular weight excluding hydrogens is 228 g/mol. The maximum Gasteiger partial charge on any atom is 0.376 e. The summed E-state index contributed by atoms with van der Waals surface area (Å²) in [7, 11) is 0. The molecule has 0 saturated carbocycles. The molecule has 0 saturated heterocycles. The number of aliphatic hydroxyl groups excluding tert-OH is 1. The third-order valence-corrected chi connectivity index (χ3v) is 2.15. The largest absolute Gasteiger partial charge is 0.507 e. The Hall–Kier alpha value is -2.50. The molecule has 1 aromatic rings. The van der Waals surface area contributed by atoms with Crippen molar-refractivity contribution in [1.29, 1.82) is 0 Å². The van der Waals surface area contributed by atoms with Crippen molar-refractivity contribution in [3.63, 3.8) is 0 Å². The average molecular weight is 236 g/mol. The molecular formula is C11H8O6. The highest BCUT2D eigenvalue weighted by atomic mass is 16.7. The van der Waals surface area contributed by atoms with Gasteiger partial charge in [-0.25, -0.2) is 4.79 Å². The second-order valence-electron chi connectivity index (χ2n) is 3.27. The zero-order valence-corrected chi connectivity index (χ0v) is 8.54. The Morgan fingerprint density at radius 1 is 1.18 bits per heavy atom. The van der Waals surface area contributed by atoms with Crippen LogP contribution >= 0.6 is 0 Å². The molecule has 1 aliphatic rings. The second-order valence-corrected chi connectivity index (χ2v) is 3.27. The molecule has 0 bridgehead atoms. The molecule has 0 atom stereocenters. The van der Waals surface area contributed by atoms with Gasteiger partial charge in [0, 0.05) is 11.6 Å². The number of fused-ring (bicyclic) bond motifs is 1. The van der Waals surface area contributed by atoms with Gasteiger partial charge in [-0.05, 0) is 18.2 Å². The minimum Gasteiger partial charge on any atom is -0.507 e. The molecule has 6 nitrogen and oxygen atoms in total. The van der Waals surface area contributed by atoms with Crippen molar-refractivity contribution >= 4 is 17.5 Å². The zero-order chi connectivity index (χ0) is 12.4. The first-order valence-electron chi connectivity index (χ1n) is 4.66. The number of carboxylic acid groups (broad SMARTS) is 1. The summed E-state index contributed by atoms with van der Waals surface area (Å²) in [5.41, 5.74) is 0.281. The summed E-state index contributed by atoms with van der Waals surface area (Å²) in [6, 6.07) is 4.52. The maximum atomic E-state index is 10.9. The summed E-state index contributed by atoms with van der Waals surface area (Å²) in [5, 5.41) is 17.9. The summed E-state index contributed by atoms with van der Waals surface area (Å²) in [4.78, 5) is 21.2. The first-order chi connectivity index (χ1) is 8.08. The third kappa shape index (κ3) is 2.20. The Bertz CT molecular complexity index is 517. The number of rotatable bonds is 3. The fourth-order valence-corrected chi connectivity index (χ4v) is 1.33. The Morgan fingerprint density at radius 3 is 2.59 bits per heavy atom. The lowest BCUT2D eigenvalue weighted by Gasteiger charge is -2.01. The molecule has 1 aliphatic heterocycles. The number of benzene rings is 1. The smallest absolute Gasteiger partial charge is 0.376 e. The van der Waals surface area contributed by atoms with Crippen molar-refractivity contribution < 1.29 is 29.3 Å². The van der Waals surface area contributed by atoms with Crippen LogP contribution in [0.25, 0.3) is 5.76 Å². The molecule has 1 heterocycles. The van der Waals surface area contributed by atoms with E-state index < -0.39 is 17.5 Å². The van der Waals surface area contributed by atoms with Crippen LogP contribution in [0.2, 0.25) is 0 Å². The number of aliphatic carboxylic acids is 1. The standard InChI is InChI=1S/C11H8O6/c12-7(4-8(13)11(14)15)6-1-2-9-10(3-6)17-5-16-9/h1-4,12H,5H2,(H,14,15)/b7-4-. The van der Waals surface area contributed by atoms with Crippen LogP contribution in [0, 0.1) is 0 Å². The molecule has 2 rings (SSSR count). The predicted molar refractivity (Wildman–Crippen MR) is 55.8 cm³/mol. The van der Waals surface area contributed by atoms with E-state index in [1.54, 1.807) is 6.07 Å². The van der Waals surface area contributed by atoms with E-state index in [9.17, 15) is 14.7 Å². The predicted octanol–water partition coefficient (Wildman–Crippen LogP) is 0.968. The van der Waals surface area contributed by atoms with Crippen molar-refractivity contribution in [2.45, 2.75) is 0 Å². The number of ketones is 1. The third-order valence-electron chi connectivity index (χ3n) is 2.15. The van der Waals surface area contributed by atoms with Gasteiger partial charge in [-0.1, -0.05) is 0 Å². The number of carboxylic acids is 1. The molecule has 2 N–H and O–H groups in total. The number of ether oxygens (including phenoxy) is 2. The van der Waals surface area contributed by atoms with Gasteiger partial charge in [-0.15, -0.1) is 0 Å². The van der Waals surface area contributed by atoms with Crippen molar-refractivity contribution in [3.8, 4) is 11.5 Å². The summed E-state index contributed by atoms with van der Waals surface area (Å²) < 4.78 is 10.1. The molecule has 0 aromatic heterocycles. The number of hydrogen-bond acceptors (Lipinski definition) is 5. The minimum absolute atomic E-state index is 0.0946. The van der Waals surface area contributed by atoms with E-state index in [0.29, 0.717) is 17.6 Å². The zero-order valence-electron chi connectivity index (χ0n) is 8.54. The summed E-state index contributed by atoms with van der Waals surface area (Å²) in [6.07, 6.45) is 0.639. The molecule has 17 heavy (non-hydrogen) atoms. The molecule has 0 aliphatic carbocycles. The second kappa shape index (κ2) is 4.17. The van der Waals surface area contributed by atoms with Gasteiger partial charge in [0.1, 0.15) is 5.76 Å². The van der Waals surface area contributed by atoms with E-state index in [4.69, 9.17) is 14.6 Å². The molecule has 0 fully saturated rings. The molecule has 0 amide bonds. The normalized spacial score (nSPS) is 13.5. The van der Waals surface area contributed by atoms with Gasteiger partial charge in [-0.2, -0.15) is 0 Å². The highest BCUT2D eigenvalue weighted by Gasteiger charge is 2.16. The fourth-order valence-electron chi connectivity index (χ4n) is 1.33. The first-order valence-corrected chi connectivity index (χ1v) is 4.66. The number of carbonyl (C=O) groups excluding carboxylic acids is 1. The summed E-state index contributed by atoms with van der Waals surface area (Å²) in [5.74, 6) is -2.29. The van der Waals surface area contributed by atoms with Crippen LogP contribution in [0.5, 0.6) is 11.5 Å². The topological polar surface area (TPSA) is 93.1 Å². The van der Waals surface area contributed by atoms with Gasteiger partial charge in [0.2, 0.25) is 6.79 Å². The van der Waals surface area contributed by atoms with E-state index in [-0.39, 0.29) is 12.4 Å².